The number of aryl methyl sites for hydroxylation is 1. The quantitative estimate of drug-likeness (QED) is 0.805. The number of hydrogen-bond donors (Lipinski definition) is 2. The number of rotatable bonds is 5. The van der Waals surface area contributed by atoms with E-state index in [0.29, 0.717) is 11.4 Å². The van der Waals surface area contributed by atoms with E-state index in [4.69, 9.17) is 4.74 Å². The van der Waals surface area contributed by atoms with Gasteiger partial charge in [-0.25, -0.2) is 9.18 Å². The van der Waals surface area contributed by atoms with Crippen LogP contribution in [0.2, 0.25) is 0 Å². The lowest BCUT2D eigenvalue weighted by Crippen LogP contribution is -2.31. The molecule has 0 aliphatic rings. The molecular weight excluding hydrogens is 344 g/mol. The Morgan fingerprint density at radius 1 is 1.32 bits per heavy atom. The van der Waals surface area contributed by atoms with Crippen LogP contribution in [0.3, 0.4) is 0 Å². The van der Waals surface area contributed by atoms with E-state index in [2.05, 4.69) is 15.7 Å². The van der Waals surface area contributed by atoms with Crippen molar-refractivity contribution in [2.45, 2.75) is 19.6 Å². The van der Waals surface area contributed by atoms with Gasteiger partial charge >= 0.3 is 12.2 Å². The summed E-state index contributed by atoms with van der Waals surface area (Å²) < 4.78 is 56.9. The molecule has 0 saturated heterocycles. The van der Waals surface area contributed by atoms with E-state index in [0.717, 1.165) is 16.8 Å². The van der Waals surface area contributed by atoms with Crippen LogP contribution >= 0.6 is 0 Å². The Morgan fingerprint density at radius 2 is 2.04 bits per heavy atom. The van der Waals surface area contributed by atoms with Gasteiger partial charge in [-0.15, -0.1) is 0 Å². The Morgan fingerprint density at radius 3 is 2.64 bits per heavy atom. The molecule has 1 heterocycles. The molecule has 0 spiro atoms. The van der Waals surface area contributed by atoms with Crippen molar-refractivity contribution < 1.29 is 27.1 Å². The summed E-state index contributed by atoms with van der Waals surface area (Å²) in [7, 11) is 1.30. The van der Waals surface area contributed by atoms with E-state index >= 15 is 0 Å². The van der Waals surface area contributed by atoms with E-state index in [-0.39, 0.29) is 18.8 Å². The molecule has 2 rings (SSSR count). The maximum absolute atomic E-state index is 13.3. The number of carbonyl (C=O) groups is 1. The van der Waals surface area contributed by atoms with E-state index in [1.165, 1.54) is 26.2 Å². The van der Waals surface area contributed by atoms with Gasteiger partial charge in [-0.3, -0.25) is 4.68 Å². The van der Waals surface area contributed by atoms with Crippen LogP contribution in [0.15, 0.2) is 24.3 Å². The molecule has 1 aromatic heterocycles. The maximum Gasteiger partial charge on any atom is 0.435 e. The van der Waals surface area contributed by atoms with Gasteiger partial charge in [0.1, 0.15) is 0 Å². The standard InChI is InChI=1S/C15H16F4N4O2/c1-9-7-13(15(17,18)19)22-23(9)6-5-20-14(24)21-10-3-4-11(16)12(8-10)25-2/h3-4,7-8H,5-6H2,1-2H3,(H2,20,21,24). The van der Waals surface area contributed by atoms with Gasteiger partial charge < -0.3 is 15.4 Å². The Kier molecular flexibility index (Phi) is 5.50. The van der Waals surface area contributed by atoms with Crippen LogP contribution in [0.5, 0.6) is 5.75 Å². The lowest BCUT2D eigenvalue weighted by Gasteiger charge is -2.10. The molecule has 0 aliphatic heterocycles. The van der Waals surface area contributed by atoms with E-state index in [1.807, 2.05) is 0 Å². The SMILES string of the molecule is COc1cc(NC(=O)NCCn2nc(C(F)(F)F)cc2C)ccc1F. The first kappa shape index (κ1) is 18.6. The molecule has 0 radical (unpaired) electrons. The molecule has 0 unspecified atom stereocenters. The summed E-state index contributed by atoms with van der Waals surface area (Å²) in [6.45, 7) is 1.62. The number of benzene rings is 1. The maximum atomic E-state index is 13.3. The predicted octanol–water partition coefficient (Wildman–Crippen LogP) is 3.18. The number of halogens is 4. The first-order chi connectivity index (χ1) is 11.7. The third kappa shape index (κ3) is 4.85. The number of hydrogen-bond acceptors (Lipinski definition) is 3. The van der Waals surface area contributed by atoms with Crippen molar-refractivity contribution in [1.82, 2.24) is 15.1 Å². The third-order valence-electron chi connectivity index (χ3n) is 3.29. The van der Waals surface area contributed by atoms with E-state index in [1.54, 1.807) is 0 Å². The second kappa shape index (κ2) is 7.41. The minimum absolute atomic E-state index is 0.0235. The van der Waals surface area contributed by atoms with Crippen LogP contribution in [0, 0.1) is 12.7 Å². The number of alkyl halides is 3. The number of urea groups is 1. The number of ether oxygens (including phenoxy) is 1. The summed E-state index contributed by atoms with van der Waals surface area (Å²) in [5.74, 6) is -0.590. The monoisotopic (exact) mass is 360 g/mol. The second-order valence-electron chi connectivity index (χ2n) is 5.12. The van der Waals surface area contributed by atoms with Gasteiger partial charge in [-0.2, -0.15) is 18.3 Å². The number of anilines is 1. The fourth-order valence-corrected chi connectivity index (χ4v) is 2.06. The predicted molar refractivity (Wildman–Crippen MR) is 81.9 cm³/mol. The summed E-state index contributed by atoms with van der Waals surface area (Å²) in [6.07, 6.45) is -4.51. The zero-order valence-corrected chi connectivity index (χ0v) is 13.4. The Bertz CT molecular complexity index is 758. The minimum Gasteiger partial charge on any atom is -0.494 e. The fourth-order valence-electron chi connectivity index (χ4n) is 2.06. The highest BCUT2D eigenvalue weighted by Crippen LogP contribution is 2.28. The number of amides is 2. The summed E-state index contributed by atoms with van der Waals surface area (Å²) in [5.41, 5.74) is -0.337. The second-order valence-corrected chi connectivity index (χ2v) is 5.12. The van der Waals surface area contributed by atoms with Gasteiger partial charge in [-0.1, -0.05) is 0 Å². The Balaban J connectivity index is 1.88. The molecule has 0 atom stereocenters. The lowest BCUT2D eigenvalue weighted by atomic mass is 10.3. The highest BCUT2D eigenvalue weighted by atomic mass is 19.4. The number of carbonyl (C=O) groups excluding carboxylic acids is 1. The average Bonchev–Trinajstić information content (AvgIpc) is 2.90. The summed E-state index contributed by atoms with van der Waals surface area (Å²) >= 11 is 0. The average molecular weight is 360 g/mol. The van der Waals surface area contributed by atoms with Crippen LogP contribution in [0.4, 0.5) is 28.0 Å². The normalized spacial score (nSPS) is 11.3. The number of nitrogens with one attached hydrogen (secondary N) is 2. The zero-order valence-electron chi connectivity index (χ0n) is 13.4. The minimum atomic E-state index is -4.51. The first-order valence-corrected chi connectivity index (χ1v) is 7.20. The van der Waals surface area contributed by atoms with Crippen LogP contribution in [0.25, 0.3) is 0 Å². The lowest BCUT2D eigenvalue weighted by molar-refractivity contribution is -0.141. The van der Waals surface area contributed by atoms with E-state index < -0.39 is 23.7 Å². The largest absolute Gasteiger partial charge is 0.494 e. The molecule has 0 aliphatic carbocycles. The van der Waals surface area contributed by atoms with E-state index in [9.17, 15) is 22.4 Å². The van der Waals surface area contributed by atoms with Gasteiger partial charge in [0.15, 0.2) is 17.3 Å². The van der Waals surface area contributed by atoms with Gasteiger partial charge in [0.25, 0.3) is 0 Å². The molecule has 2 amide bonds. The highest BCUT2D eigenvalue weighted by molar-refractivity contribution is 5.89. The Labute approximate surface area is 140 Å². The van der Waals surface area contributed by atoms with Crippen molar-refractivity contribution in [3.05, 3.63) is 41.5 Å². The summed E-state index contributed by atoms with van der Waals surface area (Å²) in [4.78, 5) is 11.8. The molecule has 1 aromatic carbocycles. The zero-order chi connectivity index (χ0) is 18.6. The molecule has 25 heavy (non-hydrogen) atoms. The fraction of sp³-hybridized carbons (Fsp3) is 0.333. The molecule has 6 nitrogen and oxygen atoms in total. The number of nitrogens with zero attached hydrogens (tertiary/aromatic N) is 2. The molecule has 0 bridgehead atoms. The third-order valence-corrected chi connectivity index (χ3v) is 3.29. The van der Waals surface area contributed by atoms with Crippen LogP contribution in [0.1, 0.15) is 11.4 Å². The van der Waals surface area contributed by atoms with Crippen molar-refractivity contribution in [3.63, 3.8) is 0 Å². The molecule has 10 heteroatoms. The molecule has 136 valence electrons. The molecule has 0 saturated carbocycles. The topological polar surface area (TPSA) is 68.2 Å². The number of methoxy groups -OCH3 is 1. The van der Waals surface area contributed by atoms with Gasteiger partial charge in [-0.05, 0) is 25.1 Å². The van der Waals surface area contributed by atoms with Crippen molar-refractivity contribution in [2.24, 2.45) is 0 Å². The molecule has 2 N–H and O–H groups in total. The van der Waals surface area contributed by atoms with Gasteiger partial charge in [0.05, 0.1) is 13.7 Å². The molecular formula is C15H16F4N4O2. The van der Waals surface area contributed by atoms with Crippen LogP contribution in [-0.4, -0.2) is 29.5 Å². The van der Waals surface area contributed by atoms with Crippen molar-refractivity contribution in [1.29, 1.82) is 0 Å². The van der Waals surface area contributed by atoms with Crippen molar-refractivity contribution in [2.75, 3.05) is 19.0 Å². The summed E-state index contributed by atoms with van der Waals surface area (Å²) in [5, 5.41) is 8.40. The smallest absolute Gasteiger partial charge is 0.435 e. The molecule has 0 fully saturated rings. The van der Waals surface area contributed by atoms with Crippen LogP contribution in [-0.2, 0) is 12.7 Å². The Hall–Kier alpha value is -2.78. The first-order valence-electron chi connectivity index (χ1n) is 7.20. The van der Waals surface area contributed by atoms with Crippen molar-refractivity contribution >= 4 is 11.7 Å². The highest BCUT2D eigenvalue weighted by Gasteiger charge is 2.34. The molecule has 2 aromatic rings. The number of aromatic nitrogens is 2. The van der Waals surface area contributed by atoms with Gasteiger partial charge in [0, 0.05) is 24.0 Å². The summed E-state index contributed by atoms with van der Waals surface area (Å²) in [6, 6.07) is 4.15. The van der Waals surface area contributed by atoms with Crippen LogP contribution < -0.4 is 15.4 Å². The van der Waals surface area contributed by atoms with Crippen molar-refractivity contribution in [3.8, 4) is 5.75 Å². The van der Waals surface area contributed by atoms with Gasteiger partial charge in [0.2, 0.25) is 0 Å².